The zero-order chi connectivity index (χ0) is 9.30. The molecule has 0 bridgehead atoms. The summed E-state index contributed by atoms with van der Waals surface area (Å²) in [5.41, 5.74) is 4.42. The summed E-state index contributed by atoms with van der Waals surface area (Å²) >= 11 is 10.9. The van der Waals surface area contributed by atoms with Crippen molar-refractivity contribution in [2.45, 2.75) is 6.43 Å². The largest absolute Gasteiger partial charge is 0.396 e. The first-order chi connectivity index (χ1) is 5.52. The highest BCUT2D eigenvalue weighted by Gasteiger charge is 2.16. The Balaban J connectivity index is 3.28. The maximum atomic E-state index is 12.1. The van der Waals surface area contributed by atoms with Crippen LogP contribution in [0.5, 0.6) is 0 Å². The minimum atomic E-state index is -2.76. The number of nitrogen functional groups attached to an aromatic ring is 1. The van der Waals surface area contributed by atoms with E-state index in [1.54, 1.807) is 0 Å². The maximum absolute atomic E-state index is 12.1. The predicted molar refractivity (Wildman–Crippen MR) is 43.6 cm³/mol. The summed E-state index contributed by atoms with van der Waals surface area (Å²) in [4.78, 5) is 3.34. The van der Waals surface area contributed by atoms with Crippen LogP contribution in [0.1, 0.15) is 12.1 Å². The molecule has 0 spiro atoms. The Hall–Kier alpha value is -0.610. The molecule has 0 aliphatic rings. The lowest BCUT2D eigenvalue weighted by Crippen LogP contribution is -1.99. The standard InChI is InChI=1S/C6H4Cl2F2N2/c7-2-1-3(8)12-5(4(2)11)6(9)10/h1,6H,11H2. The van der Waals surface area contributed by atoms with Gasteiger partial charge in [-0.05, 0) is 6.07 Å². The Labute approximate surface area is 77.3 Å². The second-order valence-corrected chi connectivity index (χ2v) is 2.82. The lowest BCUT2D eigenvalue weighted by Gasteiger charge is -2.05. The fourth-order valence-electron chi connectivity index (χ4n) is 0.679. The molecule has 2 N–H and O–H groups in total. The number of anilines is 1. The number of hydrogen-bond acceptors (Lipinski definition) is 2. The van der Waals surface area contributed by atoms with Crippen LogP contribution in [-0.2, 0) is 0 Å². The van der Waals surface area contributed by atoms with Gasteiger partial charge in [-0.2, -0.15) is 0 Å². The van der Waals surface area contributed by atoms with Crippen molar-refractivity contribution in [3.8, 4) is 0 Å². The number of alkyl halides is 2. The molecule has 2 nitrogen and oxygen atoms in total. The van der Waals surface area contributed by atoms with Crippen molar-refractivity contribution in [2.75, 3.05) is 5.73 Å². The highest BCUT2D eigenvalue weighted by Crippen LogP contribution is 2.30. The summed E-state index contributed by atoms with van der Waals surface area (Å²) in [5.74, 6) is 0. The molecule has 1 aromatic heterocycles. The Morgan fingerprint density at radius 2 is 2.00 bits per heavy atom. The van der Waals surface area contributed by atoms with Crippen LogP contribution in [0.4, 0.5) is 14.5 Å². The maximum Gasteiger partial charge on any atom is 0.282 e. The molecular weight excluding hydrogens is 209 g/mol. The molecule has 0 aromatic carbocycles. The van der Waals surface area contributed by atoms with Crippen molar-refractivity contribution >= 4 is 28.9 Å². The van der Waals surface area contributed by atoms with Crippen LogP contribution < -0.4 is 5.73 Å². The van der Waals surface area contributed by atoms with Gasteiger partial charge in [0.25, 0.3) is 6.43 Å². The number of nitrogens with two attached hydrogens (primary N) is 1. The lowest BCUT2D eigenvalue weighted by molar-refractivity contribution is 0.147. The fraction of sp³-hybridized carbons (Fsp3) is 0.167. The van der Waals surface area contributed by atoms with Crippen molar-refractivity contribution in [1.29, 1.82) is 0 Å². The van der Waals surface area contributed by atoms with Gasteiger partial charge in [0.05, 0.1) is 10.7 Å². The molecule has 6 heteroatoms. The van der Waals surface area contributed by atoms with Gasteiger partial charge in [-0.15, -0.1) is 0 Å². The van der Waals surface area contributed by atoms with E-state index < -0.39 is 12.1 Å². The van der Waals surface area contributed by atoms with E-state index in [2.05, 4.69) is 4.98 Å². The predicted octanol–water partition coefficient (Wildman–Crippen LogP) is 2.91. The van der Waals surface area contributed by atoms with Crippen molar-refractivity contribution in [3.63, 3.8) is 0 Å². The number of nitrogens with zero attached hydrogens (tertiary/aromatic N) is 1. The molecule has 0 saturated carbocycles. The zero-order valence-electron chi connectivity index (χ0n) is 5.69. The minimum absolute atomic E-state index is 0.00898. The molecule has 0 atom stereocenters. The molecule has 0 radical (unpaired) electrons. The quantitative estimate of drug-likeness (QED) is 0.728. The van der Waals surface area contributed by atoms with Gasteiger partial charge in [-0.25, -0.2) is 13.8 Å². The van der Waals surface area contributed by atoms with Gasteiger partial charge < -0.3 is 5.73 Å². The summed E-state index contributed by atoms with van der Waals surface area (Å²) < 4.78 is 24.3. The highest BCUT2D eigenvalue weighted by molar-refractivity contribution is 6.35. The van der Waals surface area contributed by atoms with E-state index in [4.69, 9.17) is 28.9 Å². The van der Waals surface area contributed by atoms with Crippen molar-refractivity contribution in [1.82, 2.24) is 4.98 Å². The summed E-state index contributed by atoms with van der Waals surface area (Å²) in [6.45, 7) is 0. The van der Waals surface area contributed by atoms with Crippen LogP contribution in [0.25, 0.3) is 0 Å². The first-order valence-corrected chi connectivity index (χ1v) is 3.67. The minimum Gasteiger partial charge on any atom is -0.396 e. The van der Waals surface area contributed by atoms with Crippen LogP contribution in [0, 0.1) is 0 Å². The average Bonchev–Trinajstić information content (AvgIpc) is 1.96. The van der Waals surface area contributed by atoms with Crippen LogP contribution in [0.3, 0.4) is 0 Å². The second-order valence-electron chi connectivity index (χ2n) is 2.03. The van der Waals surface area contributed by atoms with Gasteiger partial charge in [-0.3, -0.25) is 0 Å². The topological polar surface area (TPSA) is 38.9 Å². The lowest BCUT2D eigenvalue weighted by atomic mass is 10.3. The number of halogens is 4. The first kappa shape index (κ1) is 9.48. The molecule has 0 aliphatic heterocycles. The molecule has 0 saturated heterocycles. The first-order valence-electron chi connectivity index (χ1n) is 2.92. The van der Waals surface area contributed by atoms with Gasteiger partial charge in [0.2, 0.25) is 0 Å². The fourth-order valence-corrected chi connectivity index (χ4v) is 1.13. The SMILES string of the molecule is Nc1c(Cl)cc(Cl)nc1C(F)F. The van der Waals surface area contributed by atoms with Gasteiger partial charge in [0.1, 0.15) is 10.8 Å². The monoisotopic (exact) mass is 212 g/mol. The molecular formula is C6H4Cl2F2N2. The van der Waals surface area contributed by atoms with Crippen LogP contribution in [-0.4, -0.2) is 4.98 Å². The van der Waals surface area contributed by atoms with Gasteiger partial charge in [0.15, 0.2) is 0 Å². The molecule has 1 heterocycles. The molecule has 0 fully saturated rings. The molecule has 0 aliphatic carbocycles. The van der Waals surface area contributed by atoms with E-state index in [0.717, 1.165) is 0 Å². The molecule has 1 rings (SSSR count). The number of rotatable bonds is 1. The summed E-state index contributed by atoms with van der Waals surface area (Å²) in [6, 6.07) is 1.21. The smallest absolute Gasteiger partial charge is 0.282 e. The number of hydrogen-bond donors (Lipinski definition) is 1. The molecule has 0 amide bonds. The second kappa shape index (κ2) is 3.41. The number of aromatic nitrogens is 1. The summed E-state index contributed by atoms with van der Waals surface area (Å²) in [5, 5.41) is -0.102. The number of pyridine rings is 1. The van der Waals surface area contributed by atoms with Crippen LogP contribution >= 0.6 is 23.2 Å². The van der Waals surface area contributed by atoms with E-state index in [1.165, 1.54) is 6.07 Å². The van der Waals surface area contributed by atoms with Crippen molar-refractivity contribution < 1.29 is 8.78 Å². The normalized spacial score (nSPS) is 10.8. The third kappa shape index (κ3) is 1.76. The van der Waals surface area contributed by atoms with E-state index in [9.17, 15) is 8.78 Å². The average molecular weight is 213 g/mol. The molecule has 0 unspecified atom stereocenters. The summed E-state index contributed by atoms with van der Waals surface area (Å²) in [7, 11) is 0. The van der Waals surface area contributed by atoms with E-state index in [-0.39, 0.29) is 15.9 Å². The van der Waals surface area contributed by atoms with Gasteiger partial charge in [0, 0.05) is 0 Å². The molecule has 1 aromatic rings. The van der Waals surface area contributed by atoms with Crippen molar-refractivity contribution in [3.05, 3.63) is 21.9 Å². The third-order valence-electron chi connectivity index (χ3n) is 1.21. The van der Waals surface area contributed by atoms with Crippen LogP contribution in [0.15, 0.2) is 6.07 Å². The Morgan fingerprint density at radius 1 is 1.42 bits per heavy atom. The van der Waals surface area contributed by atoms with Crippen molar-refractivity contribution in [2.24, 2.45) is 0 Å². The van der Waals surface area contributed by atoms with Crippen LogP contribution in [0.2, 0.25) is 10.2 Å². The Kier molecular flexibility index (Phi) is 2.69. The third-order valence-corrected chi connectivity index (χ3v) is 1.72. The van der Waals surface area contributed by atoms with E-state index in [1.807, 2.05) is 0 Å². The summed E-state index contributed by atoms with van der Waals surface area (Å²) in [6.07, 6.45) is -2.76. The van der Waals surface area contributed by atoms with Gasteiger partial charge >= 0.3 is 0 Å². The van der Waals surface area contributed by atoms with E-state index in [0.29, 0.717) is 0 Å². The highest BCUT2D eigenvalue weighted by atomic mass is 35.5. The zero-order valence-corrected chi connectivity index (χ0v) is 7.20. The van der Waals surface area contributed by atoms with Gasteiger partial charge in [-0.1, -0.05) is 23.2 Å². The Bertz CT molecular complexity index is 304. The Morgan fingerprint density at radius 3 is 2.50 bits per heavy atom. The molecule has 66 valence electrons. The van der Waals surface area contributed by atoms with E-state index >= 15 is 0 Å². The molecule has 12 heavy (non-hydrogen) atoms.